The zero-order chi connectivity index (χ0) is 16.4. The van der Waals surface area contributed by atoms with Gasteiger partial charge in [-0.1, -0.05) is 59.7 Å². The van der Waals surface area contributed by atoms with Crippen LogP contribution in [0.15, 0.2) is 48.5 Å². The molecule has 1 aliphatic rings. The second kappa shape index (κ2) is 6.45. The molecule has 1 amide bonds. The predicted octanol–water partition coefficient (Wildman–Crippen LogP) is 4.30. The molecule has 0 saturated heterocycles. The van der Waals surface area contributed by atoms with Crippen LogP contribution in [0.2, 0.25) is 0 Å². The van der Waals surface area contributed by atoms with E-state index in [4.69, 9.17) is 4.74 Å². The third-order valence-electron chi connectivity index (χ3n) is 4.50. The highest BCUT2D eigenvalue weighted by Crippen LogP contribution is 2.54. The molecule has 1 saturated carbocycles. The Bertz CT molecular complexity index is 624. The smallest absolute Gasteiger partial charge is 0.407 e. The van der Waals surface area contributed by atoms with Gasteiger partial charge in [0.25, 0.3) is 0 Å². The summed E-state index contributed by atoms with van der Waals surface area (Å²) in [5.74, 6) is 0.616. The third kappa shape index (κ3) is 3.39. The van der Waals surface area contributed by atoms with Gasteiger partial charge in [-0.2, -0.15) is 0 Å². The average molecular weight is 309 g/mol. The molecule has 120 valence electrons. The van der Waals surface area contributed by atoms with Gasteiger partial charge in [0, 0.05) is 17.9 Å². The van der Waals surface area contributed by atoms with Crippen LogP contribution in [0, 0.1) is 13.8 Å². The summed E-state index contributed by atoms with van der Waals surface area (Å²) in [4.78, 5) is 11.8. The maximum absolute atomic E-state index is 11.8. The summed E-state index contributed by atoms with van der Waals surface area (Å²) in [7, 11) is 0. The zero-order valence-electron chi connectivity index (χ0n) is 13.9. The Balaban J connectivity index is 1.83. The number of amides is 1. The van der Waals surface area contributed by atoms with Crippen LogP contribution in [0.4, 0.5) is 4.79 Å². The molecule has 2 atom stereocenters. The van der Waals surface area contributed by atoms with E-state index in [1.54, 1.807) is 0 Å². The van der Waals surface area contributed by atoms with E-state index in [9.17, 15) is 4.79 Å². The molecule has 0 heterocycles. The minimum absolute atomic E-state index is 0.0967. The summed E-state index contributed by atoms with van der Waals surface area (Å²) in [5.41, 5.74) is 5.03. The normalized spacial score (nSPS) is 22.5. The first-order valence-corrected chi connectivity index (χ1v) is 8.16. The van der Waals surface area contributed by atoms with E-state index < -0.39 is 0 Å². The Hall–Kier alpha value is -2.29. The van der Waals surface area contributed by atoms with Gasteiger partial charge in [0.05, 0.1) is 6.61 Å². The Morgan fingerprint density at radius 3 is 1.74 bits per heavy atom. The van der Waals surface area contributed by atoms with Crippen molar-refractivity contribution in [3.63, 3.8) is 0 Å². The van der Waals surface area contributed by atoms with Gasteiger partial charge in [0.2, 0.25) is 0 Å². The number of ether oxygens (including phenoxy) is 1. The lowest BCUT2D eigenvalue weighted by atomic mass is 10.0. The molecule has 23 heavy (non-hydrogen) atoms. The Kier molecular flexibility index (Phi) is 4.37. The van der Waals surface area contributed by atoms with Crippen molar-refractivity contribution in [2.75, 3.05) is 6.61 Å². The number of benzene rings is 2. The number of carbonyl (C=O) groups is 1. The Labute approximate surface area is 137 Å². The second-order valence-corrected chi connectivity index (χ2v) is 6.26. The molecule has 0 unspecified atom stereocenters. The van der Waals surface area contributed by atoms with Crippen molar-refractivity contribution in [3.05, 3.63) is 70.8 Å². The van der Waals surface area contributed by atoms with Crippen LogP contribution in [-0.4, -0.2) is 18.7 Å². The summed E-state index contributed by atoms with van der Waals surface area (Å²) >= 11 is 0. The molecular weight excluding hydrogens is 286 g/mol. The van der Waals surface area contributed by atoms with E-state index in [1.807, 2.05) is 6.92 Å². The number of aryl methyl sites for hydroxylation is 2. The summed E-state index contributed by atoms with van der Waals surface area (Å²) in [6.07, 6.45) is -0.329. The van der Waals surface area contributed by atoms with Gasteiger partial charge in [0.15, 0.2) is 0 Å². The SMILES string of the molecule is CCOC(=O)NC1[C@@H](c2ccc(C)cc2)[C@@H]1c1ccc(C)cc1. The van der Waals surface area contributed by atoms with E-state index in [2.05, 4.69) is 67.7 Å². The van der Waals surface area contributed by atoms with E-state index in [1.165, 1.54) is 22.3 Å². The molecule has 0 radical (unpaired) electrons. The lowest BCUT2D eigenvalue weighted by Crippen LogP contribution is -2.28. The van der Waals surface area contributed by atoms with Gasteiger partial charge in [-0.25, -0.2) is 4.79 Å². The highest BCUT2D eigenvalue weighted by atomic mass is 16.5. The first-order chi connectivity index (χ1) is 11.1. The van der Waals surface area contributed by atoms with Crippen LogP contribution in [-0.2, 0) is 4.74 Å². The first kappa shape index (κ1) is 15.6. The van der Waals surface area contributed by atoms with Crippen LogP contribution < -0.4 is 5.32 Å². The van der Waals surface area contributed by atoms with Crippen molar-refractivity contribution < 1.29 is 9.53 Å². The number of alkyl carbamates (subject to hydrolysis) is 1. The molecule has 2 aromatic rings. The molecule has 2 aromatic carbocycles. The van der Waals surface area contributed by atoms with E-state index >= 15 is 0 Å². The van der Waals surface area contributed by atoms with Crippen molar-refractivity contribution in [2.24, 2.45) is 0 Å². The van der Waals surface area contributed by atoms with Crippen molar-refractivity contribution in [2.45, 2.75) is 38.6 Å². The molecule has 0 aliphatic heterocycles. The van der Waals surface area contributed by atoms with Crippen LogP contribution in [0.25, 0.3) is 0 Å². The molecule has 3 rings (SSSR count). The summed E-state index contributed by atoms with van der Waals surface area (Å²) in [6.45, 7) is 6.38. The minimum atomic E-state index is -0.329. The largest absolute Gasteiger partial charge is 0.450 e. The number of hydrogen-bond donors (Lipinski definition) is 1. The van der Waals surface area contributed by atoms with Gasteiger partial charge < -0.3 is 10.1 Å². The van der Waals surface area contributed by atoms with Gasteiger partial charge in [0.1, 0.15) is 0 Å². The minimum Gasteiger partial charge on any atom is -0.450 e. The van der Waals surface area contributed by atoms with Crippen molar-refractivity contribution >= 4 is 6.09 Å². The second-order valence-electron chi connectivity index (χ2n) is 6.26. The van der Waals surface area contributed by atoms with Gasteiger partial charge >= 0.3 is 6.09 Å². The quantitative estimate of drug-likeness (QED) is 0.914. The topological polar surface area (TPSA) is 38.3 Å². The maximum atomic E-state index is 11.8. The highest BCUT2D eigenvalue weighted by Gasteiger charge is 2.52. The standard InChI is InChI=1S/C20H23NO2/c1-4-23-20(22)21-19-17(15-9-5-13(2)6-10-15)18(19)16-11-7-14(3)8-12-16/h5-12,17-19H,4H2,1-3H3,(H,21,22)/t17-,18-/m0/s1. The fraction of sp³-hybridized carbons (Fsp3) is 0.350. The highest BCUT2D eigenvalue weighted by molar-refractivity contribution is 5.69. The Morgan fingerprint density at radius 2 is 1.35 bits per heavy atom. The molecule has 3 nitrogen and oxygen atoms in total. The summed E-state index contributed by atoms with van der Waals surface area (Å²) in [5, 5.41) is 3.02. The average Bonchev–Trinajstić information content (AvgIpc) is 3.22. The summed E-state index contributed by atoms with van der Waals surface area (Å²) in [6, 6.07) is 17.2. The van der Waals surface area contributed by atoms with Gasteiger partial charge in [-0.3, -0.25) is 0 Å². The summed E-state index contributed by atoms with van der Waals surface area (Å²) < 4.78 is 5.05. The third-order valence-corrected chi connectivity index (χ3v) is 4.50. The van der Waals surface area contributed by atoms with Crippen LogP contribution >= 0.6 is 0 Å². The molecule has 1 fully saturated rings. The monoisotopic (exact) mass is 309 g/mol. The molecular formula is C20H23NO2. The number of rotatable bonds is 4. The first-order valence-electron chi connectivity index (χ1n) is 8.16. The zero-order valence-corrected chi connectivity index (χ0v) is 13.9. The molecule has 1 aliphatic carbocycles. The fourth-order valence-electron chi connectivity index (χ4n) is 3.21. The number of carbonyl (C=O) groups excluding carboxylic acids is 1. The molecule has 1 N–H and O–H groups in total. The molecule has 3 heteroatoms. The Morgan fingerprint density at radius 1 is 0.913 bits per heavy atom. The van der Waals surface area contributed by atoms with E-state index in [0.717, 1.165) is 0 Å². The molecule has 0 aromatic heterocycles. The lowest BCUT2D eigenvalue weighted by molar-refractivity contribution is 0.151. The van der Waals surface area contributed by atoms with Crippen molar-refractivity contribution in [1.82, 2.24) is 5.32 Å². The molecule has 0 bridgehead atoms. The van der Waals surface area contributed by atoms with E-state index in [-0.39, 0.29) is 12.1 Å². The number of hydrogen-bond acceptors (Lipinski definition) is 2. The maximum Gasteiger partial charge on any atom is 0.407 e. The fourth-order valence-corrected chi connectivity index (χ4v) is 3.21. The van der Waals surface area contributed by atoms with Gasteiger partial charge in [-0.15, -0.1) is 0 Å². The van der Waals surface area contributed by atoms with Crippen LogP contribution in [0.1, 0.15) is 41.0 Å². The van der Waals surface area contributed by atoms with Crippen molar-refractivity contribution in [3.8, 4) is 0 Å². The number of nitrogens with one attached hydrogen (secondary N) is 1. The predicted molar refractivity (Wildman–Crippen MR) is 91.8 cm³/mol. The van der Waals surface area contributed by atoms with Crippen molar-refractivity contribution in [1.29, 1.82) is 0 Å². The van der Waals surface area contributed by atoms with Crippen LogP contribution in [0.5, 0.6) is 0 Å². The van der Waals surface area contributed by atoms with Gasteiger partial charge in [-0.05, 0) is 31.9 Å². The molecule has 0 spiro atoms. The van der Waals surface area contributed by atoms with Crippen LogP contribution in [0.3, 0.4) is 0 Å². The lowest BCUT2D eigenvalue weighted by Gasteiger charge is -2.05. The van der Waals surface area contributed by atoms with E-state index in [0.29, 0.717) is 18.4 Å².